The van der Waals surface area contributed by atoms with Gasteiger partial charge in [-0.1, -0.05) is 25.1 Å². The molecule has 0 aliphatic heterocycles. The average molecular weight is 226 g/mol. The van der Waals surface area contributed by atoms with Crippen molar-refractivity contribution in [1.82, 2.24) is 4.98 Å². The van der Waals surface area contributed by atoms with E-state index in [9.17, 15) is 4.79 Å². The number of hydrogen-bond acceptors (Lipinski definition) is 2. The monoisotopic (exact) mass is 226 g/mol. The number of pyridine rings is 1. The zero-order chi connectivity index (χ0) is 12.1. The minimum atomic E-state index is 0.0270. The summed E-state index contributed by atoms with van der Waals surface area (Å²) >= 11 is 0. The lowest BCUT2D eigenvalue weighted by Gasteiger charge is -2.05. The number of nitrogens with zero attached hydrogens (tertiary/aromatic N) is 1. The molecular weight excluding hydrogens is 212 g/mol. The molecule has 0 spiro atoms. The average Bonchev–Trinajstić information content (AvgIpc) is 2.40. The summed E-state index contributed by atoms with van der Waals surface area (Å²) in [5.74, 6) is 0.0270. The molecule has 3 heteroatoms. The Balaban J connectivity index is 2.16. The lowest BCUT2D eigenvalue weighted by Crippen LogP contribution is -2.08. The zero-order valence-corrected chi connectivity index (χ0v) is 9.68. The van der Waals surface area contributed by atoms with Gasteiger partial charge in [0.15, 0.2) is 0 Å². The normalized spacial score (nSPS) is 9.94. The molecule has 17 heavy (non-hydrogen) atoms. The maximum Gasteiger partial charge on any atom is 0.224 e. The fourth-order valence-electron chi connectivity index (χ4n) is 1.53. The zero-order valence-electron chi connectivity index (χ0n) is 9.68. The minimum Gasteiger partial charge on any atom is -0.326 e. The Morgan fingerprint density at radius 1 is 1.18 bits per heavy atom. The van der Waals surface area contributed by atoms with Crippen LogP contribution in [-0.4, -0.2) is 10.9 Å². The molecule has 2 aromatic rings. The van der Waals surface area contributed by atoms with E-state index in [-0.39, 0.29) is 5.91 Å². The van der Waals surface area contributed by atoms with Crippen molar-refractivity contribution in [3.63, 3.8) is 0 Å². The molecular formula is C14H14N2O. The molecule has 0 unspecified atom stereocenters. The Morgan fingerprint density at radius 2 is 1.94 bits per heavy atom. The van der Waals surface area contributed by atoms with Crippen LogP contribution in [0.1, 0.15) is 13.3 Å². The van der Waals surface area contributed by atoms with Crippen molar-refractivity contribution in [3.8, 4) is 11.1 Å². The molecule has 1 heterocycles. The van der Waals surface area contributed by atoms with Crippen LogP contribution < -0.4 is 5.32 Å². The molecule has 0 saturated heterocycles. The number of amides is 1. The van der Waals surface area contributed by atoms with Crippen LogP contribution >= 0.6 is 0 Å². The predicted molar refractivity (Wildman–Crippen MR) is 68.6 cm³/mol. The molecule has 1 aromatic carbocycles. The van der Waals surface area contributed by atoms with Crippen molar-refractivity contribution in [2.24, 2.45) is 0 Å². The van der Waals surface area contributed by atoms with Crippen molar-refractivity contribution < 1.29 is 4.79 Å². The first-order valence-electron chi connectivity index (χ1n) is 5.60. The third kappa shape index (κ3) is 2.91. The third-order valence-electron chi connectivity index (χ3n) is 2.48. The van der Waals surface area contributed by atoms with Crippen LogP contribution in [0.2, 0.25) is 0 Å². The lowest BCUT2D eigenvalue weighted by atomic mass is 10.1. The topological polar surface area (TPSA) is 42.0 Å². The second-order valence-electron chi connectivity index (χ2n) is 3.72. The number of aromatic nitrogens is 1. The van der Waals surface area contributed by atoms with Gasteiger partial charge in [0.05, 0.1) is 0 Å². The summed E-state index contributed by atoms with van der Waals surface area (Å²) in [7, 11) is 0. The highest BCUT2D eigenvalue weighted by Gasteiger charge is 2.00. The van der Waals surface area contributed by atoms with E-state index in [2.05, 4.69) is 10.3 Å². The Labute approximate surface area is 101 Å². The summed E-state index contributed by atoms with van der Waals surface area (Å²) in [6, 6.07) is 11.7. The molecule has 1 N–H and O–H groups in total. The van der Waals surface area contributed by atoms with Crippen molar-refractivity contribution in [2.45, 2.75) is 13.3 Å². The number of carbonyl (C=O) groups is 1. The fraction of sp³-hybridized carbons (Fsp3) is 0.143. The Kier molecular flexibility index (Phi) is 3.50. The summed E-state index contributed by atoms with van der Waals surface area (Å²) in [6.45, 7) is 1.83. The van der Waals surface area contributed by atoms with Crippen LogP contribution in [-0.2, 0) is 4.79 Å². The highest BCUT2D eigenvalue weighted by Crippen LogP contribution is 2.20. The molecule has 2 rings (SSSR count). The number of benzene rings is 1. The molecule has 0 aliphatic carbocycles. The van der Waals surface area contributed by atoms with Gasteiger partial charge in [-0.05, 0) is 29.3 Å². The first kappa shape index (κ1) is 11.3. The van der Waals surface area contributed by atoms with Crippen molar-refractivity contribution in [2.75, 3.05) is 5.32 Å². The van der Waals surface area contributed by atoms with E-state index in [1.54, 1.807) is 6.20 Å². The van der Waals surface area contributed by atoms with E-state index in [0.29, 0.717) is 6.42 Å². The van der Waals surface area contributed by atoms with Gasteiger partial charge in [-0.25, -0.2) is 0 Å². The van der Waals surface area contributed by atoms with Gasteiger partial charge < -0.3 is 5.32 Å². The van der Waals surface area contributed by atoms with E-state index in [4.69, 9.17) is 0 Å². The molecule has 86 valence electrons. The lowest BCUT2D eigenvalue weighted by molar-refractivity contribution is -0.115. The summed E-state index contributed by atoms with van der Waals surface area (Å²) in [5.41, 5.74) is 2.98. The maximum absolute atomic E-state index is 11.2. The maximum atomic E-state index is 11.2. The second kappa shape index (κ2) is 5.25. The van der Waals surface area contributed by atoms with Crippen molar-refractivity contribution in [1.29, 1.82) is 0 Å². The first-order valence-corrected chi connectivity index (χ1v) is 5.60. The number of hydrogen-bond donors (Lipinski definition) is 1. The highest BCUT2D eigenvalue weighted by atomic mass is 16.1. The van der Waals surface area contributed by atoms with Crippen molar-refractivity contribution >= 4 is 11.6 Å². The smallest absolute Gasteiger partial charge is 0.224 e. The van der Waals surface area contributed by atoms with Gasteiger partial charge >= 0.3 is 0 Å². The summed E-state index contributed by atoms with van der Waals surface area (Å²) in [6.07, 6.45) is 4.06. The molecule has 0 atom stereocenters. The molecule has 1 aromatic heterocycles. The quantitative estimate of drug-likeness (QED) is 0.873. The van der Waals surface area contributed by atoms with Gasteiger partial charge in [-0.15, -0.1) is 0 Å². The molecule has 0 fully saturated rings. The molecule has 0 aliphatic rings. The molecule has 0 radical (unpaired) electrons. The predicted octanol–water partition coefficient (Wildman–Crippen LogP) is 3.10. The number of nitrogens with one attached hydrogen (secondary N) is 1. The van der Waals surface area contributed by atoms with Crippen LogP contribution in [0.3, 0.4) is 0 Å². The summed E-state index contributed by atoms with van der Waals surface area (Å²) in [4.78, 5) is 15.3. The van der Waals surface area contributed by atoms with Crippen LogP contribution in [0.15, 0.2) is 48.8 Å². The van der Waals surface area contributed by atoms with Gasteiger partial charge in [0.1, 0.15) is 0 Å². The van der Waals surface area contributed by atoms with Gasteiger partial charge in [0.2, 0.25) is 5.91 Å². The standard InChI is InChI=1S/C14H14N2O/c1-2-14(17)16-13-7-5-11(6-8-13)12-4-3-9-15-10-12/h3-10H,2H2,1H3,(H,16,17). The van der Waals surface area contributed by atoms with E-state index in [1.807, 2.05) is 49.5 Å². The van der Waals surface area contributed by atoms with Crippen LogP contribution in [0, 0.1) is 0 Å². The number of anilines is 1. The van der Waals surface area contributed by atoms with Crippen LogP contribution in [0.4, 0.5) is 5.69 Å². The Hall–Kier alpha value is -2.16. The van der Waals surface area contributed by atoms with Gasteiger partial charge in [0.25, 0.3) is 0 Å². The molecule has 3 nitrogen and oxygen atoms in total. The Bertz CT molecular complexity index is 491. The van der Waals surface area contributed by atoms with E-state index in [0.717, 1.165) is 16.8 Å². The SMILES string of the molecule is CCC(=O)Nc1ccc(-c2cccnc2)cc1. The molecule has 0 bridgehead atoms. The Morgan fingerprint density at radius 3 is 2.53 bits per heavy atom. The fourth-order valence-corrected chi connectivity index (χ4v) is 1.53. The first-order chi connectivity index (χ1) is 8.29. The van der Waals surface area contributed by atoms with Gasteiger partial charge in [-0.3, -0.25) is 9.78 Å². The molecule has 0 saturated carbocycles. The van der Waals surface area contributed by atoms with E-state index >= 15 is 0 Å². The van der Waals surface area contributed by atoms with E-state index in [1.165, 1.54) is 0 Å². The minimum absolute atomic E-state index is 0.0270. The number of carbonyl (C=O) groups excluding carboxylic acids is 1. The van der Waals surface area contributed by atoms with Crippen LogP contribution in [0.5, 0.6) is 0 Å². The molecule has 1 amide bonds. The third-order valence-corrected chi connectivity index (χ3v) is 2.48. The summed E-state index contributed by atoms with van der Waals surface area (Å²) in [5, 5.41) is 2.82. The van der Waals surface area contributed by atoms with Crippen LogP contribution in [0.25, 0.3) is 11.1 Å². The number of rotatable bonds is 3. The highest BCUT2D eigenvalue weighted by molar-refractivity contribution is 5.90. The summed E-state index contributed by atoms with van der Waals surface area (Å²) < 4.78 is 0. The van der Waals surface area contributed by atoms with Gasteiger partial charge in [-0.2, -0.15) is 0 Å². The largest absolute Gasteiger partial charge is 0.326 e. The second-order valence-corrected chi connectivity index (χ2v) is 3.72. The van der Waals surface area contributed by atoms with E-state index < -0.39 is 0 Å². The van der Waals surface area contributed by atoms with Crippen molar-refractivity contribution in [3.05, 3.63) is 48.8 Å². The van der Waals surface area contributed by atoms with Gasteiger partial charge in [0, 0.05) is 24.5 Å².